The van der Waals surface area contributed by atoms with Gasteiger partial charge in [-0.1, -0.05) is 308 Å². The third-order valence-corrected chi connectivity index (χ3v) is 18.3. The minimum Gasteiger partial charge on any atom is -0.134 e. The SMILES string of the molecule is c1ccc(B2c3ccccc3B(c3ccc(-c4c5sc6ccccc6c5c(-c5ccc(B6c7ccccc7B(c7ccccc7)c7ccccc76)cc5)c5sc6ccccc6c45)cc3)c3ccccc32)cc1. The number of benzene rings is 11. The number of hydrogen-bond donors (Lipinski definition) is 0. The van der Waals surface area contributed by atoms with Crippen LogP contribution in [0.1, 0.15) is 0 Å². The fraction of sp³-hybridized carbons (Fsp3) is 0. The van der Waals surface area contributed by atoms with Gasteiger partial charge >= 0.3 is 0 Å². The van der Waals surface area contributed by atoms with Crippen LogP contribution in [0, 0.1) is 0 Å². The zero-order valence-corrected chi connectivity index (χ0v) is 41.0. The lowest BCUT2D eigenvalue weighted by Gasteiger charge is -2.32. The molecule has 6 heteroatoms. The van der Waals surface area contributed by atoms with Crippen molar-refractivity contribution in [2.45, 2.75) is 0 Å². The fourth-order valence-corrected chi connectivity index (χ4v) is 15.5. The minimum absolute atomic E-state index is 0.129. The molecule has 0 nitrogen and oxygen atoms in total. The Labute approximate surface area is 429 Å². The van der Waals surface area contributed by atoms with Crippen LogP contribution in [0.15, 0.2) is 255 Å². The summed E-state index contributed by atoms with van der Waals surface area (Å²) < 4.78 is 5.33. The summed E-state index contributed by atoms with van der Waals surface area (Å²) in [6.45, 7) is 0.644. The first-order chi connectivity index (χ1) is 35.8. The van der Waals surface area contributed by atoms with E-state index in [0.717, 1.165) is 0 Å². The van der Waals surface area contributed by atoms with E-state index in [2.05, 4.69) is 255 Å². The Morgan fingerprint density at radius 2 is 0.472 bits per heavy atom. The Hall–Kier alpha value is -7.88. The first-order valence-electron chi connectivity index (χ1n) is 25.2. The van der Waals surface area contributed by atoms with Crippen LogP contribution in [-0.2, 0) is 0 Å². The van der Waals surface area contributed by atoms with Crippen LogP contribution < -0.4 is 65.6 Å². The van der Waals surface area contributed by atoms with E-state index < -0.39 is 0 Å². The van der Waals surface area contributed by atoms with Crippen molar-refractivity contribution >= 4 is 155 Å². The van der Waals surface area contributed by atoms with Gasteiger partial charge in [0.25, 0.3) is 0 Å². The van der Waals surface area contributed by atoms with Gasteiger partial charge in [0.15, 0.2) is 0 Å². The van der Waals surface area contributed by atoms with Gasteiger partial charge in [0.1, 0.15) is 0 Å². The van der Waals surface area contributed by atoms with Crippen molar-refractivity contribution in [2.24, 2.45) is 0 Å². The van der Waals surface area contributed by atoms with Crippen LogP contribution in [0.25, 0.3) is 62.6 Å². The number of hydrogen-bond acceptors (Lipinski definition) is 2. The van der Waals surface area contributed by atoms with Crippen molar-refractivity contribution < 1.29 is 0 Å². The number of thiophene rings is 2. The molecule has 0 atom stereocenters. The largest absolute Gasteiger partial charge is 0.240 e. The summed E-state index contributed by atoms with van der Waals surface area (Å²) in [7, 11) is 0. The molecule has 0 N–H and O–H groups in total. The molecular formula is C66H42B4S2. The lowest BCUT2D eigenvalue weighted by molar-refractivity contribution is 1.69. The molecule has 330 valence electrons. The Morgan fingerprint density at radius 3 is 0.778 bits per heavy atom. The van der Waals surface area contributed by atoms with E-state index in [4.69, 9.17) is 0 Å². The molecule has 0 amide bonds. The monoisotopic (exact) mass is 942 g/mol. The highest BCUT2D eigenvalue weighted by molar-refractivity contribution is 7.28. The van der Waals surface area contributed by atoms with Gasteiger partial charge in [-0.2, -0.15) is 0 Å². The lowest BCUT2D eigenvalue weighted by Crippen LogP contribution is -2.74. The van der Waals surface area contributed by atoms with Crippen molar-refractivity contribution in [3.05, 3.63) is 255 Å². The maximum Gasteiger partial charge on any atom is 0.240 e. The molecule has 2 aliphatic heterocycles. The van der Waals surface area contributed by atoms with Crippen molar-refractivity contribution in [1.29, 1.82) is 0 Å². The summed E-state index contributed by atoms with van der Waals surface area (Å²) in [4.78, 5) is 0. The average molecular weight is 942 g/mol. The molecule has 0 spiro atoms. The van der Waals surface area contributed by atoms with E-state index in [-0.39, 0.29) is 26.9 Å². The smallest absolute Gasteiger partial charge is 0.134 e. The zero-order valence-electron chi connectivity index (χ0n) is 39.4. The highest BCUT2D eigenvalue weighted by atomic mass is 32.1. The summed E-state index contributed by atoms with van der Waals surface area (Å²) >= 11 is 3.89. The van der Waals surface area contributed by atoms with Crippen molar-refractivity contribution in [2.75, 3.05) is 0 Å². The van der Waals surface area contributed by atoms with Gasteiger partial charge in [0.05, 0.1) is 0 Å². The van der Waals surface area contributed by atoms with E-state index in [1.54, 1.807) is 0 Å². The normalized spacial score (nSPS) is 12.9. The van der Waals surface area contributed by atoms with Gasteiger partial charge in [-0.05, 0) is 23.3 Å². The molecule has 15 rings (SSSR count). The minimum atomic E-state index is 0.129. The third-order valence-electron chi connectivity index (χ3n) is 15.9. The maximum absolute atomic E-state index is 2.42. The van der Waals surface area contributed by atoms with Crippen LogP contribution in [0.2, 0.25) is 0 Å². The molecule has 72 heavy (non-hydrogen) atoms. The molecule has 2 aliphatic rings. The fourth-order valence-electron chi connectivity index (χ4n) is 12.9. The molecule has 0 bridgehead atoms. The van der Waals surface area contributed by atoms with Gasteiger partial charge < -0.3 is 0 Å². The van der Waals surface area contributed by atoms with E-state index >= 15 is 0 Å². The standard InChI is InChI=1S/C66H42B4S2/c1-3-19-45(20-4-1)67-51-25-9-13-29-55(51)69(56-30-14-10-26-52(56)67)47-39-35-43(36-40-47)61-63-49-23-7-17-33-59(49)72-66(63)62(64-50-24-8-18-34-60(50)71-65(61)64)44-37-41-48(42-38-44)70-57-31-15-11-27-53(57)68(46-21-5-2-6-22-46)54-28-12-16-32-58(54)70/h1-42H. The van der Waals surface area contributed by atoms with Gasteiger partial charge in [0, 0.05) is 51.5 Å². The van der Waals surface area contributed by atoms with Gasteiger partial charge in [0.2, 0.25) is 26.9 Å². The highest BCUT2D eigenvalue weighted by Gasteiger charge is 2.40. The second-order valence-corrected chi connectivity index (χ2v) is 21.8. The Balaban J connectivity index is 0.898. The third kappa shape index (κ3) is 6.42. The predicted octanol–water partition coefficient (Wildman–Crippen LogP) is 8.45. The van der Waals surface area contributed by atoms with E-state index in [1.807, 2.05) is 22.7 Å². The molecular weight excluding hydrogens is 900 g/mol. The molecule has 2 aromatic heterocycles. The summed E-state index contributed by atoms with van der Waals surface area (Å²) in [5, 5.41) is 5.34. The van der Waals surface area contributed by atoms with Crippen molar-refractivity contribution in [3.63, 3.8) is 0 Å². The van der Waals surface area contributed by atoms with Crippen molar-refractivity contribution in [1.82, 2.24) is 0 Å². The second-order valence-electron chi connectivity index (χ2n) is 19.7. The number of fused-ring (bicyclic) bond motifs is 10. The topological polar surface area (TPSA) is 0 Å². The lowest BCUT2D eigenvalue weighted by atomic mass is 9.21. The first kappa shape index (κ1) is 41.9. The highest BCUT2D eigenvalue weighted by Crippen LogP contribution is 2.53. The first-order valence-corrected chi connectivity index (χ1v) is 26.8. The molecule has 0 saturated heterocycles. The second kappa shape index (κ2) is 16.9. The van der Waals surface area contributed by atoms with Crippen LogP contribution in [0.3, 0.4) is 0 Å². The van der Waals surface area contributed by atoms with E-state index in [0.29, 0.717) is 0 Å². The molecule has 13 aromatic rings. The van der Waals surface area contributed by atoms with Crippen LogP contribution in [-0.4, -0.2) is 26.9 Å². The Morgan fingerprint density at radius 1 is 0.222 bits per heavy atom. The maximum atomic E-state index is 2.42. The molecule has 0 unspecified atom stereocenters. The van der Waals surface area contributed by atoms with E-state index in [9.17, 15) is 0 Å². The van der Waals surface area contributed by atoms with Gasteiger partial charge in [-0.25, -0.2) is 0 Å². The summed E-state index contributed by atoms with van der Waals surface area (Å²) in [5.74, 6) is 0. The van der Waals surface area contributed by atoms with E-state index in [1.165, 1.54) is 128 Å². The molecule has 4 heterocycles. The Kier molecular flexibility index (Phi) is 9.81. The summed E-state index contributed by atoms with van der Waals surface area (Å²) in [6.07, 6.45) is 0. The molecule has 0 fully saturated rings. The predicted molar refractivity (Wildman–Crippen MR) is 320 cm³/mol. The quantitative estimate of drug-likeness (QED) is 0.147. The summed E-state index contributed by atoms with van der Waals surface area (Å²) in [6, 6.07) is 96.2. The Bertz CT molecular complexity index is 3870. The van der Waals surface area contributed by atoms with Crippen LogP contribution in [0.4, 0.5) is 0 Å². The van der Waals surface area contributed by atoms with Crippen LogP contribution >= 0.6 is 22.7 Å². The summed E-state index contributed by atoms with van der Waals surface area (Å²) in [5.41, 5.74) is 21.6. The molecule has 0 aliphatic carbocycles. The van der Waals surface area contributed by atoms with Crippen LogP contribution in [0.5, 0.6) is 0 Å². The molecule has 0 saturated carbocycles. The molecule has 11 aromatic carbocycles. The van der Waals surface area contributed by atoms with Gasteiger partial charge in [-0.3, -0.25) is 0 Å². The zero-order chi connectivity index (χ0) is 47.3. The van der Waals surface area contributed by atoms with Gasteiger partial charge in [-0.15, -0.1) is 22.7 Å². The average Bonchev–Trinajstić information content (AvgIpc) is 4.03. The number of rotatable bonds is 6. The molecule has 0 radical (unpaired) electrons. The van der Waals surface area contributed by atoms with Crippen molar-refractivity contribution in [3.8, 4) is 22.3 Å².